The molecule has 2 amide bonds. The van der Waals surface area contributed by atoms with Gasteiger partial charge in [0.05, 0.1) is 12.1 Å². The van der Waals surface area contributed by atoms with Gasteiger partial charge in [-0.3, -0.25) is 9.59 Å². The lowest BCUT2D eigenvalue weighted by molar-refractivity contribution is -0.119. The molecule has 0 saturated heterocycles. The van der Waals surface area contributed by atoms with Crippen molar-refractivity contribution in [2.24, 2.45) is 5.92 Å². The zero-order chi connectivity index (χ0) is 20.0. The van der Waals surface area contributed by atoms with E-state index in [-0.39, 0.29) is 17.7 Å². The van der Waals surface area contributed by atoms with Crippen molar-refractivity contribution in [1.82, 2.24) is 0 Å². The largest absolute Gasteiger partial charge is 0.495 e. The maximum Gasteiger partial charge on any atom is 0.248 e. The van der Waals surface area contributed by atoms with Crippen molar-refractivity contribution < 1.29 is 14.3 Å². The molecular formula is C20H20Cl2N2O3. The molecule has 0 radical (unpaired) electrons. The Morgan fingerprint density at radius 2 is 1.63 bits per heavy atom. The minimum absolute atomic E-state index is 0.0659. The number of hydrogen-bond donors (Lipinski definition) is 2. The summed E-state index contributed by atoms with van der Waals surface area (Å²) in [7, 11) is 1.49. The normalized spacial score (nSPS) is 10.9. The van der Waals surface area contributed by atoms with Crippen LogP contribution in [0.15, 0.2) is 42.5 Å². The number of benzene rings is 2. The molecule has 2 aromatic rings. The van der Waals surface area contributed by atoms with Gasteiger partial charge >= 0.3 is 0 Å². The molecule has 0 aliphatic carbocycles. The summed E-state index contributed by atoms with van der Waals surface area (Å²) in [5.74, 6) is -0.0576. The van der Waals surface area contributed by atoms with Crippen LogP contribution in [0.2, 0.25) is 10.0 Å². The lowest BCUT2D eigenvalue weighted by Crippen LogP contribution is -2.17. The highest BCUT2D eigenvalue weighted by Gasteiger charge is 2.09. The number of hydrogen-bond acceptors (Lipinski definition) is 3. The number of anilines is 2. The number of halogens is 2. The summed E-state index contributed by atoms with van der Waals surface area (Å²) < 4.78 is 5.24. The second-order valence-corrected chi connectivity index (χ2v) is 6.90. The zero-order valence-corrected chi connectivity index (χ0v) is 16.7. The van der Waals surface area contributed by atoms with Crippen LogP contribution >= 0.6 is 23.2 Å². The summed E-state index contributed by atoms with van der Waals surface area (Å²) in [6.07, 6.45) is 2.93. The standard InChI is InChI=1S/C20H20Cl2N2O3/c1-12(2)20(26)24-16-7-5-15(6-8-16)23-18(25)9-4-13-10-14(21)11-17(22)19(13)27-3/h4-12H,1-3H3,(H,23,25)(H,24,26). The van der Waals surface area contributed by atoms with Crippen LogP contribution < -0.4 is 15.4 Å². The fourth-order valence-corrected chi connectivity index (χ4v) is 2.78. The van der Waals surface area contributed by atoms with Crippen molar-refractivity contribution in [3.63, 3.8) is 0 Å². The van der Waals surface area contributed by atoms with Crippen molar-refractivity contribution in [3.8, 4) is 5.75 Å². The van der Waals surface area contributed by atoms with Gasteiger partial charge in [0.15, 0.2) is 0 Å². The van der Waals surface area contributed by atoms with Gasteiger partial charge in [-0.2, -0.15) is 0 Å². The number of carbonyl (C=O) groups excluding carboxylic acids is 2. The van der Waals surface area contributed by atoms with Gasteiger partial charge in [0, 0.05) is 34.0 Å². The van der Waals surface area contributed by atoms with Crippen LogP contribution in [0.5, 0.6) is 5.75 Å². The van der Waals surface area contributed by atoms with Crippen LogP contribution in [0.4, 0.5) is 11.4 Å². The molecule has 0 saturated carbocycles. The molecule has 5 nitrogen and oxygen atoms in total. The Kier molecular flexibility index (Phi) is 7.28. The van der Waals surface area contributed by atoms with Crippen LogP contribution in [0.3, 0.4) is 0 Å². The first-order chi connectivity index (χ1) is 12.8. The van der Waals surface area contributed by atoms with E-state index in [0.29, 0.717) is 32.7 Å². The van der Waals surface area contributed by atoms with E-state index in [0.717, 1.165) is 0 Å². The zero-order valence-electron chi connectivity index (χ0n) is 15.2. The SMILES string of the molecule is COc1c(Cl)cc(Cl)cc1C=CC(=O)Nc1ccc(NC(=O)C(C)C)cc1. The summed E-state index contributed by atoms with van der Waals surface area (Å²) in [5.41, 5.74) is 1.86. The molecule has 0 atom stereocenters. The van der Waals surface area contributed by atoms with E-state index in [1.165, 1.54) is 13.2 Å². The van der Waals surface area contributed by atoms with Gasteiger partial charge in [-0.1, -0.05) is 37.0 Å². The molecule has 7 heteroatoms. The summed E-state index contributed by atoms with van der Waals surface area (Å²) in [6.45, 7) is 3.64. The molecule has 2 N–H and O–H groups in total. The summed E-state index contributed by atoms with van der Waals surface area (Å²) in [5, 5.41) is 6.33. The van der Waals surface area contributed by atoms with Crippen LogP contribution in [0, 0.1) is 5.92 Å². The lowest BCUT2D eigenvalue weighted by Gasteiger charge is -2.09. The van der Waals surface area contributed by atoms with Gasteiger partial charge in [0.25, 0.3) is 0 Å². The molecule has 0 unspecified atom stereocenters. The van der Waals surface area contributed by atoms with Gasteiger partial charge in [-0.15, -0.1) is 0 Å². The van der Waals surface area contributed by atoms with E-state index in [4.69, 9.17) is 27.9 Å². The van der Waals surface area contributed by atoms with Gasteiger partial charge in [0.1, 0.15) is 5.75 Å². The Morgan fingerprint density at radius 1 is 1.04 bits per heavy atom. The average Bonchev–Trinajstić information content (AvgIpc) is 2.61. The fraction of sp³-hybridized carbons (Fsp3) is 0.200. The highest BCUT2D eigenvalue weighted by molar-refractivity contribution is 6.36. The molecule has 0 aliphatic rings. The predicted molar refractivity (Wildman–Crippen MR) is 111 cm³/mol. The number of nitrogens with one attached hydrogen (secondary N) is 2. The van der Waals surface area contributed by atoms with E-state index in [2.05, 4.69) is 10.6 Å². The third-order valence-electron chi connectivity index (χ3n) is 3.60. The van der Waals surface area contributed by atoms with Gasteiger partial charge < -0.3 is 15.4 Å². The predicted octanol–water partition coefficient (Wildman–Crippen LogP) is 5.25. The van der Waals surface area contributed by atoms with Crippen molar-refractivity contribution in [2.45, 2.75) is 13.8 Å². The van der Waals surface area contributed by atoms with Crippen LogP contribution in [0.1, 0.15) is 19.4 Å². The molecule has 142 valence electrons. The monoisotopic (exact) mass is 406 g/mol. The van der Waals surface area contributed by atoms with Crippen LogP contribution in [0.25, 0.3) is 6.08 Å². The van der Waals surface area contributed by atoms with E-state index in [1.54, 1.807) is 42.5 Å². The number of ether oxygens (including phenoxy) is 1. The number of rotatable bonds is 6. The molecule has 0 aliphatic heterocycles. The second kappa shape index (κ2) is 9.44. The Balaban J connectivity index is 2.04. The van der Waals surface area contributed by atoms with Crippen molar-refractivity contribution in [2.75, 3.05) is 17.7 Å². The number of carbonyl (C=O) groups is 2. The van der Waals surface area contributed by atoms with E-state index >= 15 is 0 Å². The summed E-state index contributed by atoms with van der Waals surface area (Å²) >= 11 is 12.1. The van der Waals surface area contributed by atoms with E-state index < -0.39 is 0 Å². The highest BCUT2D eigenvalue weighted by atomic mass is 35.5. The minimum atomic E-state index is -0.327. The Morgan fingerprint density at radius 3 is 2.19 bits per heavy atom. The molecular weight excluding hydrogens is 387 g/mol. The summed E-state index contributed by atoms with van der Waals surface area (Å²) in [4.78, 5) is 23.8. The quantitative estimate of drug-likeness (QED) is 0.643. The van der Waals surface area contributed by atoms with Crippen molar-refractivity contribution in [3.05, 3.63) is 58.1 Å². The minimum Gasteiger partial charge on any atom is -0.495 e. The first-order valence-corrected chi connectivity index (χ1v) is 8.98. The molecule has 2 rings (SSSR count). The molecule has 0 spiro atoms. The fourth-order valence-electron chi connectivity index (χ4n) is 2.19. The molecule has 0 aromatic heterocycles. The third-order valence-corrected chi connectivity index (χ3v) is 4.10. The van der Waals surface area contributed by atoms with E-state index in [9.17, 15) is 9.59 Å². The highest BCUT2D eigenvalue weighted by Crippen LogP contribution is 2.33. The maximum atomic E-state index is 12.1. The van der Waals surface area contributed by atoms with Crippen molar-refractivity contribution >= 4 is 52.5 Å². The topological polar surface area (TPSA) is 67.4 Å². The number of amides is 2. The van der Waals surface area contributed by atoms with Crippen molar-refractivity contribution in [1.29, 1.82) is 0 Å². The summed E-state index contributed by atoms with van der Waals surface area (Å²) in [6, 6.07) is 10.1. The molecule has 0 fully saturated rings. The Hall–Kier alpha value is -2.50. The molecule has 2 aromatic carbocycles. The maximum absolute atomic E-state index is 12.1. The first-order valence-electron chi connectivity index (χ1n) is 8.23. The van der Waals surface area contributed by atoms with Crippen LogP contribution in [-0.2, 0) is 9.59 Å². The Bertz CT molecular complexity index is 862. The van der Waals surface area contributed by atoms with E-state index in [1.807, 2.05) is 13.8 Å². The van der Waals surface area contributed by atoms with Gasteiger partial charge in [-0.25, -0.2) is 0 Å². The molecule has 0 bridgehead atoms. The first kappa shape index (κ1) is 20.8. The molecule has 27 heavy (non-hydrogen) atoms. The average molecular weight is 407 g/mol. The van der Waals surface area contributed by atoms with Crippen LogP contribution in [-0.4, -0.2) is 18.9 Å². The third kappa shape index (κ3) is 6.01. The van der Waals surface area contributed by atoms with Gasteiger partial charge in [-0.05, 0) is 42.5 Å². The number of methoxy groups -OCH3 is 1. The lowest BCUT2D eigenvalue weighted by atomic mass is 10.2. The second-order valence-electron chi connectivity index (χ2n) is 6.05. The van der Waals surface area contributed by atoms with Gasteiger partial charge in [0.2, 0.25) is 11.8 Å². The Labute approximate surface area is 168 Å². The smallest absolute Gasteiger partial charge is 0.248 e. The molecule has 0 heterocycles.